The Kier molecular flexibility index (Phi) is 4.17. The molecule has 0 aromatic carbocycles. The third-order valence-electron chi connectivity index (χ3n) is 3.48. The molecule has 1 aliphatic carbocycles. The molecule has 0 spiro atoms. The van der Waals surface area contributed by atoms with E-state index in [0.29, 0.717) is 6.54 Å². The summed E-state index contributed by atoms with van der Waals surface area (Å²) in [5, 5.41) is 9.30. The summed E-state index contributed by atoms with van der Waals surface area (Å²) in [6.45, 7) is 7.23. The van der Waals surface area contributed by atoms with Crippen molar-refractivity contribution in [3.63, 3.8) is 0 Å². The van der Waals surface area contributed by atoms with Gasteiger partial charge in [0, 0.05) is 12.6 Å². The molecular weight excluding hydrogens is 294 g/mol. The van der Waals surface area contributed by atoms with Crippen molar-refractivity contribution in [3.05, 3.63) is 17.1 Å². The second-order valence-electron chi connectivity index (χ2n) is 5.92. The fraction of sp³-hybridized carbons (Fsp3) is 0.643. The van der Waals surface area contributed by atoms with Crippen LogP contribution >= 0.6 is 0 Å². The van der Waals surface area contributed by atoms with Gasteiger partial charge in [-0.3, -0.25) is 0 Å². The number of furan rings is 1. The molecule has 118 valence electrons. The van der Waals surface area contributed by atoms with E-state index in [1.54, 1.807) is 0 Å². The maximum absolute atomic E-state index is 12.9. The van der Waals surface area contributed by atoms with Crippen molar-refractivity contribution in [1.29, 1.82) is 0 Å². The van der Waals surface area contributed by atoms with E-state index in [1.807, 2.05) is 13.8 Å². The number of sulfonamides is 1. The van der Waals surface area contributed by atoms with Gasteiger partial charge in [0.1, 0.15) is 22.0 Å². The SMILES string of the molecule is Cc1oc(C)c(S(=O)(=O)N(CC(C)C)C2CC2)c1C(=O)O. The third-order valence-corrected chi connectivity index (χ3v) is 5.56. The second-order valence-corrected chi connectivity index (χ2v) is 7.75. The summed E-state index contributed by atoms with van der Waals surface area (Å²) in [5.74, 6) is -0.844. The molecule has 7 heteroatoms. The fourth-order valence-electron chi connectivity index (χ4n) is 2.50. The average Bonchev–Trinajstić information content (AvgIpc) is 3.10. The minimum atomic E-state index is -3.86. The number of nitrogens with zero attached hydrogens (tertiary/aromatic N) is 1. The summed E-state index contributed by atoms with van der Waals surface area (Å²) in [6, 6.07) is -0.0198. The lowest BCUT2D eigenvalue weighted by atomic mass is 10.2. The molecule has 1 N–H and O–H groups in total. The van der Waals surface area contributed by atoms with E-state index in [1.165, 1.54) is 18.2 Å². The largest absolute Gasteiger partial charge is 0.478 e. The lowest BCUT2D eigenvalue weighted by molar-refractivity contribution is 0.0691. The average molecular weight is 315 g/mol. The minimum Gasteiger partial charge on any atom is -0.478 e. The van der Waals surface area contributed by atoms with Crippen LogP contribution in [0.1, 0.15) is 48.6 Å². The van der Waals surface area contributed by atoms with Crippen molar-refractivity contribution in [1.82, 2.24) is 4.31 Å². The molecule has 6 nitrogen and oxygen atoms in total. The van der Waals surface area contributed by atoms with Crippen LogP contribution in [0.25, 0.3) is 0 Å². The van der Waals surface area contributed by atoms with Crippen LogP contribution in [0.2, 0.25) is 0 Å². The number of aromatic carboxylic acids is 1. The Morgan fingerprint density at radius 1 is 1.33 bits per heavy atom. The number of hydrogen-bond acceptors (Lipinski definition) is 4. The highest BCUT2D eigenvalue weighted by atomic mass is 32.2. The van der Waals surface area contributed by atoms with Crippen LogP contribution in [0, 0.1) is 19.8 Å². The van der Waals surface area contributed by atoms with Gasteiger partial charge in [0.25, 0.3) is 0 Å². The van der Waals surface area contributed by atoms with Crippen molar-refractivity contribution in [2.45, 2.75) is 51.5 Å². The molecule has 0 radical (unpaired) electrons. The summed E-state index contributed by atoms with van der Waals surface area (Å²) in [7, 11) is -3.86. The van der Waals surface area contributed by atoms with Crippen molar-refractivity contribution in [3.8, 4) is 0 Å². The van der Waals surface area contributed by atoms with Gasteiger partial charge in [-0.1, -0.05) is 13.8 Å². The zero-order chi connectivity index (χ0) is 15.9. The van der Waals surface area contributed by atoms with Crippen LogP contribution in [-0.4, -0.2) is 36.4 Å². The number of rotatable bonds is 6. The first-order valence-electron chi connectivity index (χ1n) is 7.01. The highest BCUT2D eigenvalue weighted by Gasteiger charge is 2.42. The predicted molar refractivity (Wildman–Crippen MR) is 76.9 cm³/mol. The first kappa shape index (κ1) is 16.0. The molecule has 0 atom stereocenters. The van der Waals surface area contributed by atoms with Gasteiger partial charge >= 0.3 is 5.97 Å². The molecule has 1 aliphatic rings. The van der Waals surface area contributed by atoms with E-state index >= 15 is 0 Å². The number of carbonyl (C=O) groups is 1. The molecule has 0 saturated heterocycles. The van der Waals surface area contributed by atoms with Crippen LogP contribution in [0.5, 0.6) is 0 Å². The molecule has 1 saturated carbocycles. The molecular formula is C14H21NO5S. The van der Waals surface area contributed by atoms with Crippen molar-refractivity contribution >= 4 is 16.0 Å². The summed E-state index contributed by atoms with van der Waals surface area (Å²) in [6.07, 6.45) is 1.65. The maximum atomic E-state index is 12.9. The molecule has 0 unspecified atom stereocenters. The summed E-state index contributed by atoms with van der Waals surface area (Å²) in [4.78, 5) is 11.2. The topological polar surface area (TPSA) is 87.8 Å². The zero-order valence-corrected chi connectivity index (χ0v) is 13.5. The smallest absolute Gasteiger partial charge is 0.340 e. The Bertz CT molecular complexity index is 655. The van der Waals surface area contributed by atoms with Crippen molar-refractivity contribution in [2.75, 3.05) is 6.54 Å². The Labute approximate surface area is 124 Å². The molecule has 2 rings (SSSR count). The van der Waals surface area contributed by atoms with Crippen LogP contribution < -0.4 is 0 Å². The Balaban J connectivity index is 2.55. The molecule has 1 heterocycles. The Morgan fingerprint density at radius 2 is 1.90 bits per heavy atom. The Hall–Kier alpha value is -1.34. The fourth-order valence-corrected chi connectivity index (χ4v) is 4.73. The Morgan fingerprint density at radius 3 is 2.33 bits per heavy atom. The van der Waals surface area contributed by atoms with Gasteiger partial charge in [0.15, 0.2) is 0 Å². The quantitative estimate of drug-likeness (QED) is 0.871. The van der Waals surface area contributed by atoms with Gasteiger partial charge < -0.3 is 9.52 Å². The minimum absolute atomic E-state index is 0.0198. The second kappa shape index (κ2) is 5.46. The van der Waals surface area contributed by atoms with E-state index in [0.717, 1.165) is 12.8 Å². The first-order chi connectivity index (χ1) is 9.66. The molecule has 0 bridgehead atoms. The summed E-state index contributed by atoms with van der Waals surface area (Å²) in [5.41, 5.74) is -0.248. The van der Waals surface area contributed by atoms with Crippen molar-refractivity contribution in [2.24, 2.45) is 5.92 Å². The van der Waals surface area contributed by atoms with Crippen LogP contribution in [-0.2, 0) is 10.0 Å². The molecule has 21 heavy (non-hydrogen) atoms. The molecule has 0 aliphatic heterocycles. The van der Waals surface area contributed by atoms with Crippen LogP contribution in [0.15, 0.2) is 9.31 Å². The zero-order valence-electron chi connectivity index (χ0n) is 12.7. The van der Waals surface area contributed by atoms with Gasteiger partial charge in [0.05, 0.1) is 0 Å². The number of aryl methyl sites for hydroxylation is 2. The summed E-state index contributed by atoms with van der Waals surface area (Å²) >= 11 is 0. The van der Waals surface area contributed by atoms with Crippen molar-refractivity contribution < 1.29 is 22.7 Å². The van der Waals surface area contributed by atoms with E-state index in [9.17, 15) is 18.3 Å². The molecule has 1 aromatic heterocycles. The number of hydrogen-bond donors (Lipinski definition) is 1. The van der Waals surface area contributed by atoms with Gasteiger partial charge in [-0.2, -0.15) is 4.31 Å². The highest BCUT2D eigenvalue weighted by molar-refractivity contribution is 7.89. The normalized spacial score (nSPS) is 15.9. The van der Waals surface area contributed by atoms with E-state index in [-0.39, 0.29) is 33.9 Å². The van der Waals surface area contributed by atoms with Crippen LogP contribution in [0.3, 0.4) is 0 Å². The lowest BCUT2D eigenvalue weighted by Crippen LogP contribution is -2.37. The monoisotopic (exact) mass is 315 g/mol. The predicted octanol–water partition coefficient (Wildman–Crippen LogP) is 2.40. The molecule has 0 amide bonds. The molecule has 1 aromatic rings. The first-order valence-corrected chi connectivity index (χ1v) is 8.45. The highest BCUT2D eigenvalue weighted by Crippen LogP contribution is 2.36. The van der Waals surface area contributed by atoms with Gasteiger partial charge in [-0.25, -0.2) is 13.2 Å². The van der Waals surface area contributed by atoms with Gasteiger partial charge in [-0.05, 0) is 32.6 Å². The van der Waals surface area contributed by atoms with E-state index in [4.69, 9.17) is 4.42 Å². The standard InChI is InChI=1S/C14H21NO5S/c1-8(2)7-15(11-5-6-11)21(18,19)13-10(4)20-9(3)12(13)14(16)17/h8,11H,5-7H2,1-4H3,(H,16,17). The lowest BCUT2D eigenvalue weighted by Gasteiger charge is -2.23. The van der Waals surface area contributed by atoms with Crippen LogP contribution in [0.4, 0.5) is 0 Å². The van der Waals surface area contributed by atoms with E-state index < -0.39 is 16.0 Å². The number of carboxylic acid groups (broad SMARTS) is 1. The molecule has 1 fully saturated rings. The third kappa shape index (κ3) is 2.98. The summed E-state index contributed by atoms with van der Waals surface area (Å²) < 4.78 is 32.5. The van der Waals surface area contributed by atoms with Gasteiger partial charge in [-0.15, -0.1) is 0 Å². The van der Waals surface area contributed by atoms with Gasteiger partial charge in [0.2, 0.25) is 10.0 Å². The maximum Gasteiger partial charge on any atom is 0.340 e. The van der Waals surface area contributed by atoms with E-state index in [2.05, 4.69) is 0 Å². The number of carboxylic acids is 1.